The second kappa shape index (κ2) is 8.16. The van der Waals surface area contributed by atoms with Gasteiger partial charge >= 0.3 is 29.6 Å². The van der Waals surface area contributed by atoms with Gasteiger partial charge in [0, 0.05) is 6.61 Å². The van der Waals surface area contributed by atoms with Crippen LogP contribution in [-0.4, -0.2) is 32.8 Å². The summed E-state index contributed by atoms with van der Waals surface area (Å²) >= 11 is 0. The Bertz CT molecular complexity index is 201. The molecular formula is C6H13NaO5S. The van der Waals surface area contributed by atoms with Crippen molar-refractivity contribution in [2.24, 2.45) is 5.92 Å². The van der Waals surface area contributed by atoms with Crippen molar-refractivity contribution in [3.63, 3.8) is 0 Å². The topological polar surface area (TPSA) is 75.7 Å². The predicted molar refractivity (Wildman–Crippen MR) is 41.3 cm³/mol. The fourth-order valence-corrected chi connectivity index (χ4v) is 0.786. The SMILES string of the molecule is CC(C)COCCOS(=O)(=O)[O-].[Na+]. The number of hydrogen-bond acceptors (Lipinski definition) is 5. The predicted octanol–water partition coefficient (Wildman–Crippen LogP) is -2.86. The molecule has 0 unspecified atom stereocenters. The van der Waals surface area contributed by atoms with Gasteiger partial charge in [-0.25, -0.2) is 8.42 Å². The molecule has 0 N–H and O–H groups in total. The summed E-state index contributed by atoms with van der Waals surface area (Å²) in [6.07, 6.45) is 0. The summed E-state index contributed by atoms with van der Waals surface area (Å²) in [4.78, 5) is 0. The van der Waals surface area contributed by atoms with Gasteiger partial charge in [0.1, 0.15) is 0 Å². The van der Waals surface area contributed by atoms with Gasteiger partial charge in [-0.2, -0.15) is 0 Å². The first-order valence-corrected chi connectivity index (χ1v) is 4.93. The maximum Gasteiger partial charge on any atom is 1.00 e. The maximum atomic E-state index is 9.89. The smallest absolute Gasteiger partial charge is 0.726 e. The Morgan fingerprint density at radius 3 is 2.23 bits per heavy atom. The molecule has 0 heterocycles. The van der Waals surface area contributed by atoms with E-state index in [1.807, 2.05) is 13.8 Å². The van der Waals surface area contributed by atoms with Crippen molar-refractivity contribution >= 4 is 10.4 Å². The van der Waals surface area contributed by atoms with Crippen LogP contribution < -0.4 is 29.6 Å². The van der Waals surface area contributed by atoms with Gasteiger partial charge in [0.2, 0.25) is 10.4 Å². The molecule has 0 spiro atoms. The molecule has 0 aromatic heterocycles. The average Bonchev–Trinajstić information content (AvgIpc) is 1.83. The molecule has 7 heteroatoms. The largest absolute Gasteiger partial charge is 1.00 e. The third-order valence-corrected chi connectivity index (χ3v) is 1.36. The second-order valence-corrected chi connectivity index (χ2v) is 3.75. The van der Waals surface area contributed by atoms with Crippen LogP contribution in [0.25, 0.3) is 0 Å². The van der Waals surface area contributed by atoms with Crippen molar-refractivity contribution in [2.45, 2.75) is 13.8 Å². The van der Waals surface area contributed by atoms with Crippen LogP contribution in [0, 0.1) is 5.92 Å². The Morgan fingerprint density at radius 2 is 1.85 bits per heavy atom. The van der Waals surface area contributed by atoms with Crippen LogP contribution >= 0.6 is 0 Å². The zero-order valence-corrected chi connectivity index (χ0v) is 11.0. The summed E-state index contributed by atoms with van der Waals surface area (Å²) < 4.78 is 38.5. The molecule has 0 rings (SSSR count). The van der Waals surface area contributed by atoms with Crippen LogP contribution in [-0.2, 0) is 19.3 Å². The molecule has 0 saturated heterocycles. The molecule has 0 aliphatic heterocycles. The van der Waals surface area contributed by atoms with Gasteiger partial charge in [-0.15, -0.1) is 0 Å². The van der Waals surface area contributed by atoms with E-state index >= 15 is 0 Å². The van der Waals surface area contributed by atoms with E-state index in [-0.39, 0.29) is 42.8 Å². The third-order valence-electron chi connectivity index (χ3n) is 0.907. The Morgan fingerprint density at radius 1 is 1.31 bits per heavy atom. The van der Waals surface area contributed by atoms with Crippen LogP contribution in [0.2, 0.25) is 0 Å². The van der Waals surface area contributed by atoms with E-state index in [1.54, 1.807) is 0 Å². The molecule has 0 aliphatic carbocycles. The van der Waals surface area contributed by atoms with Crippen molar-refractivity contribution < 1.29 is 51.4 Å². The van der Waals surface area contributed by atoms with Gasteiger partial charge < -0.3 is 9.29 Å². The summed E-state index contributed by atoms with van der Waals surface area (Å²) in [6, 6.07) is 0. The van der Waals surface area contributed by atoms with E-state index < -0.39 is 10.4 Å². The van der Waals surface area contributed by atoms with Crippen molar-refractivity contribution in [3.05, 3.63) is 0 Å². The molecule has 0 amide bonds. The zero-order valence-electron chi connectivity index (χ0n) is 8.15. The van der Waals surface area contributed by atoms with Crippen LogP contribution in [0.5, 0.6) is 0 Å². The van der Waals surface area contributed by atoms with Gasteiger partial charge in [0.25, 0.3) is 0 Å². The van der Waals surface area contributed by atoms with Crippen molar-refractivity contribution in [1.82, 2.24) is 0 Å². The van der Waals surface area contributed by atoms with E-state index in [1.165, 1.54) is 0 Å². The Hall–Kier alpha value is 0.830. The van der Waals surface area contributed by atoms with Crippen LogP contribution in [0.15, 0.2) is 0 Å². The summed E-state index contributed by atoms with van der Waals surface area (Å²) in [5.41, 5.74) is 0. The van der Waals surface area contributed by atoms with Gasteiger partial charge in [0.05, 0.1) is 13.2 Å². The number of rotatable bonds is 6. The fourth-order valence-electron chi connectivity index (χ4n) is 0.514. The molecule has 0 fully saturated rings. The summed E-state index contributed by atoms with van der Waals surface area (Å²) in [7, 11) is -4.55. The normalized spacial score (nSPS) is 11.4. The molecule has 0 atom stereocenters. The van der Waals surface area contributed by atoms with Crippen LogP contribution in [0.4, 0.5) is 0 Å². The van der Waals surface area contributed by atoms with E-state index in [9.17, 15) is 13.0 Å². The Kier molecular flexibility index (Phi) is 10.2. The van der Waals surface area contributed by atoms with Gasteiger partial charge in [-0.1, -0.05) is 13.8 Å². The summed E-state index contributed by atoms with van der Waals surface area (Å²) in [5, 5.41) is 0. The standard InChI is InChI=1S/C6H14O5S.Na/c1-6(2)5-10-3-4-11-12(7,8)9;/h6H,3-5H2,1-2H3,(H,7,8,9);/q;+1/p-1. The van der Waals surface area contributed by atoms with Gasteiger partial charge in [-0.05, 0) is 5.92 Å². The van der Waals surface area contributed by atoms with E-state index in [0.717, 1.165) is 0 Å². The first kappa shape index (κ1) is 16.3. The molecule has 5 nitrogen and oxygen atoms in total. The monoisotopic (exact) mass is 220 g/mol. The minimum Gasteiger partial charge on any atom is -0.726 e. The van der Waals surface area contributed by atoms with E-state index in [0.29, 0.717) is 12.5 Å². The van der Waals surface area contributed by atoms with Crippen LogP contribution in [0.3, 0.4) is 0 Å². The zero-order chi connectivity index (χ0) is 9.61. The maximum absolute atomic E-state index is 9.89. The molecule has 0 aromatic rings. The summed E-state index contributed by atoms with van der Waals surface area (Å²) in [6.45, 7) is 4.37. The molecule has 0 radical (unpaired) electrons. The first-order chi connectivity index (χ1) is 5.42. The van der Waals surface area contributed by atoms with Gasteiger partial charge in [-0.3, -0.25) is 4.18 Å². The Balaban J connectivity index is 0. The van der Waals surface area contributed by atoms with Crippen molar-refractivity contribution in [2.75, 3.05) is 19.8 Å². The molecule has 74 valence electrons. The summed E-state index contributed by atoms with van der Waals surface area (Å²) in [5.74, 6) is 0.383. The second-order valence-electron chi connectivity index (χ2n) is 2.70. The quantitative estimate of drug-likeness (QED) is 0.208. The fraction of sp³-hybridized carbons (Fsp3) is 1.00. The van der Waals surface area contributed by atoms with Crippen molar-refractivity contribution in [3.8, 4) is 0 Å². The first-order valence-electron chi connectivity index (χ1n) is 3.60. The minimum atomic E-state index is -4.55. The molecule has 13 heavy (non-hydrogen) atoms. The third kappa shape index (κ3) is 15.6. The molecule has 0 aromatic carbocycles. The molecule has 0 aliphatic rings. The number of ether oxygens (including phenoxy) is 1. The minimum absolute atomic E-state index is 0. The Labute approximate surface area is 101 Å². The molecular weight excluding hydrogens is 207 g/mol. The van der Waals surface area contributed by atoms with Crippen molar-refractivity contribution in [1.29, 1.82) is 0 Å². The van der Waals surface area contributed by atoms with Crippen LogP contribution in [0.1, 0.15) is 13.8 Å². The van der Waals surface area contributed by atoms with Gasteiger partial charge in [0.15, 0.2) is 0 Å². The van der Waals surface area contributed by atoms with E-state index in [4.69, 9.17) is 4.74 Å². The molecule has 0 saturated carbocycles. The molecule has 0 bridgehead atoms. The average molecular weight is 220 g/mol. The van der Waals surface area contributed by atoms with E-state index in [2.05, 4.69) is 4.18 Å². The number of hydrogen-bond donors (Lipinski definition) is 0.